The van der Waals surface area contributed by atoms with Crippen LogP contribution in [0.1, 0.15) is 54.9 Å². The van der Waals surface area contributed by atoms with Crippen LogP contribution in [-0.4, -0.2) is 82.1 Å². The van der Waals surface area contributed by atoms with E-state index in [4.69, 9.17) is 9.47 Å². The van der Waals surface area contributed by atoms with E-state index >= 15 is 0 Å². The second kappa shape index (κ2) is 8.56. The highest BCUT2D eigenvalue weighted by Gasteiger charge is 2.57. The summed E-state index contributed by atoms with van der Waals surface area (Å²) >= 11 is 0. The predicted molar refractivity (Wildman–Crippen MR) is 104 cm³/mol. The van der Waals surface area contributed by atoms with Gasteiger partial charge in [-0.3, -0.25) is 4.90 Å². The molecule has 166 valence electrons. The zero-order chi connectivity index (χ0) is 22.8. The zero-order valence-electron chi connectivity index (χ0n) is 18.6. The molecule has 0 aromatic rings. The van der Waals surface area contributed by atoms with Gasteiger partial charge in [0.25, 0.3) is 0 Å². The third kappa shape index (κ3) is 6.59. The van der Waals surface area contributed by atoms with Gasteiger partial charge in [0, 0.05) is 13.5 Å². The molecule has 1 aliphatic rings. The van der Waals surface area contributed by atoms with Crippen molar-refractivity contribution in [2.45, 2.75) is 78.2 Å². The number of quaternary nitrogens is 1. The Balaban J connectivity index is 2.91. The summed E-state index contributed by atoms with van der Waals surface area (Å²) < 4.78 is 9.54. The Morgan fingerprint density at radius 1 is 1.07 bits per heavy atom. The molecule has 1 fully saturated rings. The van der Waals surface area contributed by atoms with Gasteiger partial charge in [0.1, 0.15) is 30.3 Å². The summed E-state index contributed by atoms with van der Waals surface area (Å²) in [7, 11) is 1.38. The van der Waals surface area contributed by atoms with Crippen LogP contribution in [0.5, 0.6) is 0 Å². The molecule has 3 atom stereocenters. The molecule has 1 saturated heterocycles. The van der Waals surface area contributed by atoms with Gasteiger partial charge in [-0.15, -0.1) is 0 Å². The van der Waals surface area contributed by atoms with Gasteiger partial charge in [0.2, 0.25) is 0 Å². The second-order valence-corrected chi connectivity index (χ2v) is 9.49. The van der Waals surface area contributed by atoms with E-state index in [1.165, 1.54) is 7.05 Å². The normalized spacial score (nSPS) is 24.6. The van der Waals surface area contributed by atoms with Crippen LogP contribution >= 0.6 is 0 Å². The van der Waals surface area contributed by atoms with Crippen LogP contribution < -0.4 is 5.32 Å². The number of nitrogens with one attached hydrogen (secondary N) is 1. The van der Waals surface area contributed by atoms with Crippen molar-refractivity contribution in [1.29, 1.82) is 0 Å². The number of amides is 4. The fourth-order valence-corrected chi connectivity index (χ4v) is 3.23. The highest BCUT2D eigenvalue weighted by molar-refractivity contribution is 5.85. The minimum atomic E-state index is -1.33. The van der Waals surface area contributed by atoms with E-state index in [9.17, 15) is 24.3 Å². The molecule has 0 radical (unpaired) electrons. The van der Waals surface area contributed by atoms with Gasteiger partial charge in [-0.25, -0.2) is 14.4 Å². The summed E-state index contributed by atoms with van der Waals surface area (Å²) in [5.74, 6) is -0.660. The molecular weight excluding hydrogens is 382 g/mol. The number of likely N-dealkylation sites (N-methyl/N-ethyl adjacent to an activating group) is 1. The Labute approximate surface area is 171 Å². The van der Waals surface area contributed by atoms with Crippen LogP contribution in [0.25, 0.3) is 0 Å². The Kier molecular flexibility index (Phi) is 7.29. The molecule has 10 nitrogen and oxygen atoms in total. The van der Waals surface area contributed by atoms with Gasteiger partial charge in [0.05, 0.1) is 6.04 Å². The number of carbonyl (C=O) groups excluding carboxylic acids is 3. The molecule has 2 N–H and O–H groups in total. The molecule has 0 unspecified atom stereocenters. The SMILES string of the molecule is C[C@@H]1C[C@H](NC(=O)OC(C)(C)C)C[N@+]1(C(=O)O)C(=O)CN(C)C(=O)OC(C)(C)C. The van der Waals surface area contributed by atoms with Crippen molar-refractivity contribution in [3.63, 3.8) is 0 Å². The van der Waals surface area contributed by atoms with Crippen molar-refractivity contribution in [2.75, 3.05) is 20.1 Å². The van der Waals surface area contributed by atoms with E-state index in [1.54, 1.807) is 48.5 Å². The lowest BCUT2D eigenvalue weighted by Gasteiger charge is -2.31. The average molecular weight is 416 g/mol. The summed E-state index contributed by atoms with van der Waals surface area (Å²) in [4.78, 5) is 50.3. The molecule has 0 aliphatic carbocycles. The van der Waals surface area contributed by atoms with Crippen molar-refractivity contribution in [1.82, 2.24) is 10.2 Å². The number of hydrogen-bond acceptors (Lipinski definition) is 6. The number of alkyl carbamates (subject to hydrolysis) is 1. The van der Waals surface area contributed by atoms with Gasteiger partial charge >= 0.3 is 24.2 Å². The molecule has 0 spiro atoms. The van der Waals surface area contributed by atoms with Crippen LogP contribution in [-0.2, 0) is 14.3 Å². The fraction of sp³-hybridized carbons (Fsp3) is 0.789. The fourth-order valence-electron chi connectivity index (χ4n) is 3.23. The molecular formula is C19H34N3O7+. The number of nitrogens with zero attached hydrogens (tertiary/aromatic N) is 2. The Morgan fingerprint density at radius 3 is 2.03 bits per heavy atom. The summed E-state index contributed by atoms with van der Waals surface area (Å²) in [5.41, 5.74) is -1.43. The standard InChI is InChI=1S/C19H33N3O7/c1-12-9-13(20-15(24)28-18(2,3)4)11-22(12,17(26)27)14(23)10-21(8)16(25)29-19(5,6)7/h12-13H,9-11H2,1-8H3,(H-,20,24,26,27)/p+1/t12-,13+,22-/m1/s1. The Hall–Kier alpha value is -2.36. The van der Waals surface area contributed by atoms with Gasteiger partial charge in [-0.2, -0.15) is 9.28 Å². The number of rotatable bonds is 3. The van der Waals surface area contributed by atoms with E-state index in [2.05, 4.69) is 5.32 Å². The maximum atomic E-state index is 13.0. The minimum absolute atomic E-state index is 0.128. The van der Waals surface area contributed by atoms with Gasteiger partial charge in [-0.1, -0.05) is 0 Å². The average Bonchev–Trinajstić information content (AvgIpc) is 2.80. The molecule has 4 amide bonds. The lowest BCUT2D eigenvalue weighted by Crippen LogP contribution is -2.62. The van der Waals surface area contributed by atoms with Crippen LogP contribution in [0.2, 0.25) is 0 Å². The van der Waals surface area contributed by atoms with E-state index in [1.807, 2.05) is 0 Å². The van der Waals surface area contributed by atoms with E-state index < -0.39 is 58.5 Å². The summed E-state index contributed by atoms with van der Waals surface area (Å²) in [6.07, 6.45) is -2.43. The minimum Gasteiger partial charge on any atom is -0.444 e. The number of ether oxygens (including phenoxy) is 2. The Bertz CT molecular complexity index is 666. The molecule has 1 heterocycles. The molecule has 29 heavy (non-hydrogen) atoms. The summed E-state index contributed by atoms with van der Waals surface area (Å²) in [6, 6.07) is -1.14. The highest BCUT2D eigenvalue weighted by Crippen LogP contribution is 2.29. The van der Waals surface area contributed by atoms with Crippen molar-refractivity contribution in [2.24, 2.45) is 0 Å². The topological polar surface area (TPSA) is 122 Å². The second-order valence-electron chi connectivity index (χ2n) is 9.49. The van der Waals surface area contributed by atoms with Crippen molar-refractivity contribution in [3.8, 4) is 0 Å². The predicted octanol–water partition coefficient (Wildman–Crippen LogP) is 2.56. The van der Waals surface area contributed by atoms with Crippen LogP contribution in [0.4, 0.5) is 14.4 Å². The molecule has 10 heteroatoms. The first-order valence-electron chi connectivity index (χ1n) is 9.56. The maximum absolute atomic E-state index is 13.0. The van der Waals surface area contributed by atoms with E-state index in [-0.39, 0.29) is 13.0 Å². The molecule has 0 aromatic carbocycles. The molecule has 0 aromatic heterocycles. The molecule has 0 saturated carbocycles. The van der Waals surface area contributed by atoms with Gasteiger partial charge in [-0.05, 0) is 48.5 Å². The number of hydrogen-bond donors (Lipinski definition) is 2. The lowest BCUT2D eigenvalue weighted by atomic mass is 10.2. The smallest absolute Gasteiger partial charge is 0.444 e. The zero-order valence-corrected chi connectivity index (χ0v) is 18.6. The number of carbonyl (C=O) groups is 4. The first kappa shape index (κ1) is 24.7. The number of carboxylic acid groups (broad SMARTS) is 1. The quantitative estimate of drug-likeness (QED) is 0.678. The third-order valence-electron chi connectivity index (χ3n) is 4.47. The largest absolute Gasteiger partial charge is 0.521 e. The van der Waals surface area contributed by atoms with Crippen molar-refractivity contribution < 1.29 is 38.2 Å². The van der Waals surface area contributed by atoms with Gasteiger partial charge in [0.15, 0.2) is 0 Å². The van der Waals surface area contributed by atoms with Crippen LogP contribution in [0.15, 0.2) is 0 Å². The lowest BCUT2D eigenvalue weighted by molar-refractivity contribution is -0.792. The van der Waals surface area contributed by atoms with Crippen molar-refractivity contribution >= 4 is 24.2 Å². The highest BCUT2D eigenvalue weighted by atomic mass is 16.6. The van der Waals surface area contributed by atoms with Crippen LogP contribution in [0, 0.1) is 0 Å². The van der Waals surface area contributed by atoms with Crippen LogP contribution in [0.3, 0.4) is 0 Å². The summed E-state index contributed by atoms with van der Waals surface area (Å²) in [6.45, 7) is 11.3. The van der Waals surface area contributed by atoms with Crippen molar-refractivity contribution in [3.05, 3.63) is 0 Å². The molecule has 1 rings (SSSR count). The third-order valence-corrected chi connectivity index (χ3v) is 4.47. The summed E-state index contributed by atoms with van der Waals surface area (Å²) in [5, 5.41) is 12.5. The van der Waals surface area contributed by atoms with E-state index in [0.717, 1.165) is 4.90 Å². The molecule has 1 aliphatic heterocycles. The van der Waals surface area contributed by atoms with Gasteiger partial charge < -0.3 is 19.9 Å². The number of likely N-dealkylation sites (tertiary alicyclic amines) is 1. The maximum Gasteiger partial charge on any atom is 0.521 e. The first-order valence-corrected chi connectivity index (χ1v) is 9.56. The first-order chi connectivity index (χ1) is 13.0. The Morgan fingerprint density at radius 2 is 1.59 bits per heavy atom. The molecule has 0 bridgehead atoms. The van der Waals surface area contributed by atoms with E-state index in [0.29, 0.717) is 0 Å². The monoisotopic (exact) mass is 416 g/mol. The number of imide groups is 1.